The van der Waals surface area contributed by atoms with Crippen LogP contribution in [0.4, 0.5) is 11.4 Å². The lowest BCUT2D eigenvalue weighted by molar-refractivity contribution is -0.139. The van der Waals surface area contributed by atoms with E-state index in [1.807, 2.05) is 34.1 Å². The zero-order chi connectivity index (χ0) is 22.5. The zero-order valence-corrected chi connectivity index (χ0v) is 18.5. The average molecular weight is 440 g/mol. The number of piperidine rings is 1. The van der Waals surface area contributed by atoms with Crippen LogP contribution in [0.3, 0.4) is 0 Å². The number of likely N-dealkylation sites (tertiary alicyclic amines) is 1. The molecule has 0 unspecified atom stereocenters. The van der Waals surface area contributed by atoms with Gasteiger partial charge in [-0.2, -0.15) is 0 Å². The first-order valence-corrected chi connectivity index (χ1v) is 10.9. The average Bonchev–Trinajstić information content (AvgIpc) is 2.83. The third kappa shape index (κ3) is 4.74. The largest absolute Gasteiger partial charge is 0.493 e. The lowest BCUT2D eigenvalue weighted by atomic mass is 10.1. The van der Waals surface area contributed by atoms with Gasteiger partial charge in [0.2, 0.25) is 5.91 Å². The van der Waals surface area contributed by atoms with E-state index < -0.39 is 6.10 Å². The molecule has 8 heteroatoms. The number of nitrogens with one attached hydrogen (secondary N) is 1. The second-order valence-electron chi connectivity index (χ2n) is 7.96. The number of hydrogen-bond acceptors (Lipinski definition) is 6. The van der Waals surface area contributed by atoms with Gasteiger partial charge in [-0.05, 0) is 43.5 Å². The summed E-state index contributed by atoms with van der Waals surface area (Å²) in [6, 6.07) is 12.7. The Bertz CT molecular complexity index is 974. The van der Waals surface area contributed by atoms with Gasteiger partial charge in [0.25, 0.3) is 5.91 Å². The second kappa shape index (κ2) is 9.80. The number of methoxy groups -OCH3 is 2. The minimum atomic E-state index is -0.628. The van der Waals surface area contributed by atoms with E-state index in [2.05, 4.69) is 5.32 Å². The molecule has 1 fully saturated rings. The summed E-state index contributed by atoms with van der Waals surface area (Å²) in [5.74, 6) is 1.54. The minimum Gasteiger partial charge on any atom is -0.493 e. The summed E-state index contributed by atoms with van der Waals surface area (Å²) in [7, 11) is 3.11. The molecule has 2 aromatic rings. The van der Waals surface area contributed by atoms with E-state index in [4.69, 9.17) is 14.2 Å². The number of rotatable bonds is 6. The fraction of sp³-hybridized carbons (Fsp3) is 0.417. The molecule has 0 radical (unpaired) electrons. The molecule has 2 aliphatic rings. The van der Waals surface area contributed by atoms with Gasteiger partial charge in [-0.15, -0.1) is 0 Å². The van der Waals surface area contributed by atoms with Crippen LogP contribution in [0.15, 0.2) is 42.5 Å². The van der Waals surface area contributed by atoms with Crippen molar-refractivity contribution < 1.29 is 23.8 Å². The summed E-state index contributed by atoms with van der Waals surface area (Å²) in [4.78, 5) is 29.7. The maximum Gasteiger partial charge on any atom is 0.265 e. The van der Waals surface area contributed by atoms with E-state index in [1.54, 1.807) is 32.4 Å². The third-order valence-corrected chi connectivity index (χ3v) is 5.81. The SMILES string of the molecule is COc1ccc(NC(=O)CN2C[C@H](C(=O)N3CCCCC3)Oc3ccccc32)cc1OC. The standard InChI is InChI=1S/C24H29N3O5/c1-30-20-11-10-17(14-21(20)31-2)25-23(28)16-27-15-22(24(29)26-12-6-3-7-13-26)32-19-9-5-4-8-18(19)27/h4-5,8-11,14,22H,3,6-7,12-13,15-16H2,1-2H3,(H,25,28)/t22-/m1/s1. The van der Waals surface area contributed by atoms with Crippen molar-refractivity contribution in [2.75, 3.05) is 50.6 Å². The monoisotopic (exact) mass is 439 g/mol. The molecule has 1 N–H and O–H groups in total. The topological polar surface area (TPSA) is 80.3 Å². The van der Waals surface area contributed by atoms with Crippen LogP contribution in [0.2, 0.25) is 0 Å². The quantitative estimate of drug-likeness (QED) is 0.746. The molecule has 0 spiro atoms. The number of hydrogen-bond donors (Lipinski definition) is 1. The van der Waals surface area contributed by atoms with Crippen LogP contribution in [0.5, 0.6) is 17.2 Å². The molecule has 2 amide bonds. The highest BCUT2D eigenvalue weighted by atomic mass is 16.5. The molecule has 4 rings (SSSR count). The first-order valence-electron chi connectivity index (χ1n) is 10.9. The van der Waals surface area contributed by atoms with E-state index in [0.29, 0.717) is 29.5 Å². The van der Waals surface area contributed by atoms with Crippen LogP contribution in [0, 0.1) is 0 Å². The van der Waals surface area contributed by atoms with Crippen LogP contribution < -0.4 is 24.4 Å². The van der Waals surface area contributed by atoms with Crippen molar-refractivity contribution in [1.29, 1.82) is 0 Å². The highest BCUT2D eigenvalue weighted by Crippen LogP contribution is 2.34. The summed E-state index contributed by atoms with van der Waals surface area (Å²) in [5.41, 5.74) is 1.41. The highest BCUT2D eigenvalue weighted by Gasteiger charge is 2.34. The molecule has 0 aromatic heterocycles. The number of nitrogens with zero attached hydrogens (tertiary/aromatic N) is 2. The van der Waals surface area contributed by atoms with Crippen LogP contribution in [-0.4, -0.2) is 63.2 Å². The molecule has 0 bridgehead atoms. The maximum absolute atomic E-state index is 13.1. The fourth-order valence-corrected chi connectivity index (χ4v) is 4.19. The van der Waals surface area contributed by atoms with E-state index in [1.165, 1.54) is 0 Å². The molecular formula is C24H29N3O5. The van der Waals surface area contributed by atoms with Crippen molar-refractivity contribution in [3.05, 3.63) is 42.5 Å². The first kappa shape index (κ1) is 21.8. The van der Waals surface area contributed by atoms with Crippen LogP contribution in [0.1, 0.15) is 19.3 Å². The van der Waals surface area contributed by atoms with Crippen molar-refractivity contribution in [3.8, 4) is 17.2 Å². The van der Waals surface area contributed by atoms with Gasteiger partial charge in [-0.3, -0.25) is 9.59 Å². The molecule has 32 heavy (non-hydrogen) atoms. The van der Waals surface area contributed by atoms with E-state index in [9.17, 15) is 9.59 Å². The lowest BCUT2D eigenvalue weighted by Crippen LogP contribution is -2.52. The Morgan fingerprint density at radius 3 is 2.53 bits per heavy atom. The van der Waals surface area contributed by atoms with Crippen molar-refractivity contribution >= 4 is 23.2 Å². The number of amides is 2. The van der Waals surface area contributed by atoms with Crippen molar-refractivity contribution in [3.63, 3.8) is 0 Å². The molecule has 2 aromatic carbocycles. The Kier molecular flexibility index (Phi) is 6.68. The third-order valence-electron chi connectivity index (χ3n) is 5.81. The number of anilines is 2. The number of para-hydroxylation sites is 2. The van der Waals surface area contributed by atoms with Crippen LogP contribution in [0.25, 0.3) is 0 Å². The Balaban J connectivity index is 1.47. The predicted molar refractivity (Wildman–Crippen MR) is 122 cm³/mol. The minimum absolute atomic E-state index is 0.00972. The molecule has 2 heterocycles. The van der Waals surface area contributed by atoms with Crippen molar-refractivity contribution in [2.45, 2.75) is 25.4 Å². The molecule has 2 aliphatic heterocycles. The van der Waals surface area contributed by atoms with Gasteiger partial charge in [0, 0.05) is 24.8 Å². The number of benzene rings is 2. The van der Waals surface area contributed by atoms with Gasteiger partial charge in [0.05, 0.1) is 33.0 Å². The Hall–Kier alpha value is -3.42. The Morgan fingerprint density at radius 1 is 1.03 bits per heavy atom. The zero-order valence-electron chi connectivity index (χ0n) is 18.5. The molecular weight excluding hydrogens is 410 g/mol. The Labute approximate surface area is 188 Å². The summed E-state index contributed by atoms with van der Waals surface area (Å²) < 4.78 is 16.6. The van der Waals surface area contributed by atoms with Gasteiger partial charge in [-0.1, -0.05) is 12.1 Å². The summed E-state index contributed by atoms with van der Waals surface area (Å²) >= 11 is 0. The Morgan fingerprint density at radius 2 is 1.78 bits per heavy atom. The molecule has 1 saturated heterocycles. The lowest BCUT2D eigenvalue weighted by Gasteiger charge is -2.38. The van der Waals surface area contributed by atoms with Gasteiger partial charge >= 0.3 is 0 Å². The smallest absolute Gasteiger partial charge is 0.265 e. The van der Waals surface area contributed by atoms with Crippen molar-refractivity contribution in [1.82, 2.24) is 4.90 Å². The van der Waals surface area contributed by atoms with Gasteiger partial charge in [0.1, 0.15) is 5.75 Å². The number of carbonyl (C=O) groups is 2. The molecule has 8 nitrogen and oxygen atoms in total. The molecule has 0 saturated carbocycles. The van der Waals surface area contributed by atoms with Gasteiger partial charge in [-0.25, -0.2) is 0 Å². The van der Waals surface area contributed by atoms with E-state index in [0.717, 1.165) is 38.0 Å². The first-order chi connectivity index (χ1) is 15.6. The van der Waals surface area contributed by atoms with Gasteiger partial charge in [0.15, 0.2) is 17.6 Å². The summed E-state index contributed by atoms with van der Waals surface area (Å²) in [5, 5.41) is 2.90. The molecule has 0 aliphatic carbocycles. The van der Waals surface area contributed by atoms with Crippen LogP contribution in [-0.2, 0) is 9.59 Å². The number of carbonyl (C=O) groups excluding carboxylic acids is 2. The normalized spacial score (nSPS) is 17.8. The summed E-state index contributed by atoms with van der Waals surface area (Å²) in [6.45, 7) is 1.95. The molecule has 170 valence electrons. The van der Waals surface area contributed by atoms with Crippen molar-refractivity contribution in [2.24, 2.45) is 0 Å². The fourth-order valence-electron chi connectivity index (χ4n) is 4.19. The number of ether oxygens (including phenoxy) is 3. The van der Waals surface area contributed by atoms with Crippen LogP contribution >= 0.6 is 0 Å². The van der Waals surface area contributed by atoms with E-state index in [-0.39, 0.29) is 18.4 Å². The van der Waals surface area contributed by atoms with Gasteiger partial charge < -0.3 is 29.3 Å². The second-order valence-corrected chi connectivity index (χ2v) is 7.96. The predicted octanol–water partition coefficient (Wildman–Crippen LogP) is 2.92. The molecule has 1 atom stereocenters. The number of fused-ring (bicyclic) bond motifs is 1. The summed E-state index contributed by atoms with van der Waals surface area (Å²) in [6.07, 6.45) is 2.57. The maximum atomic E-state index is 13.1. The highest BCUT2D eigenvalue weighted by molar-refractivity contribution is 5.95. The van der Waals surface area contributed by atoms with E-state index >= 15 is 0 Å².